The van der Waals surface area contributed by atoms with Crippen molar-refractivity contribution in [3.8, 4) is 12.3 Å². The third-order valence-corrected chi connectivity index (χ3v) is 1.64. The highest BCUT2D eigenvalue weighted by Crippen LogP contribution is 1.88. The zero-order chi connectivity index (χ0) is 12.8. The van der Waals surface area contributed by atoms with Gasteiger partial charge in [0.15, 0.2) is 0 Å². The second-order valence-corrected chi connectivity index (χ2v) is 3.10. The first-order valence-electron chi connectivity index (χ1n) is 5.38. The number of ether oxygens (including phenoxy) is 4. The summed E-state index contributed by atoms with van der Waals surface area (Å²) in [5, 5.41) is 9.36. The lowest BCUT2D eigenvalue weighted by Crippen LogP contribution is -2.23. The molecule has 0 rings (SSSR count). The van der Waals surface area contributed by atoms with E-state index in [1.54, 1.807) is 0 Å². The maximum Gasteiger partial charge on any atom is 0.111 e. The van der Waals surface area contributed by atoms with E-state index in [2.05, 4.69) is 12.5 Å². The van der Waals surface area contributed by atoms with Crippen molar-refractivity contribution < 1.29 is 24.1 Å². The predicted octanol–water partition coefficient (Wildman–Crippen LogP) is 0.190. The third kappa shape index (κ3) is 12.9. The Morgan fingerprint density at radius 2 is 1.76 bits per heavy atom. The molecular formula is C12H20O5. The Balaban J connectivity index is 3.11. The molecule has 0 saturated heterocycles. The minimum atomic E-state index is -0.660. The van der Waals surface area contributed by atoms with Crippen molar-refractivity contribution in [2.45, 2.75) is 6.10 Å². The molecule has 0 saturated carbocycles. The van der Waals surface area contributed by atoms with E-state index in [-0.39, 0.29) is 19.8 Å². The van der Waals surface area contributed by atoms with E-state index in [0.717, 1.165) is 0 Å². The zero-order valence-electron chi connectivity index (χ0n) is 9.97. The van der Waals surface area contributed by atoms with E-state index < -0.39 is 6.10 Å². The van der Waals surface area contributed by atoms with Crippen LogP contribution in [0.3, 0.4) is 0 Å². The first-order chi connectivity index (χ1) is 8.31. The van der Waals surface area contributed by atoms with Gasteiger partial charge in [-0.2, -0.15) is 0 Å². The number of terminal acetylenes is 1. The fraction of sp³-hybridized carbons (Fsp3) is 0.667. The predicted molar refractivity (Wildman–Crippen MR) is 63.4 cm³/mol. The van der Waals surface area contributed by atoms with Gasteiger partial charge in [-0.1, -0.05) is 12.5 Å². The Labute approximate surface area is 102 Å². The standard InChI is InChI=1S/C12H20O5/c1-3-5-16-10-12(13)11-17-9-8-15-7-6-14-4-2/h1,4,12-13H,2,5-11H2. The first-order valence-corrected chi connectivity index (χ1v) is 5.38. The monoisotopic (exact) mass is 244 g/mol. The smallest absolute Gasteiger partial charge is 0.111 e. The van der Waals surface area contributed by atoms with Crippen molar-refractivity contribution in [3.05, 3.63) is 12.8 Å². The molecule has 1 N–H and O–H groups in total. The molecule has 0 heterocycles. The highest BCUT2D eigenvalue weighted by molar-refractivity contribution is 4.82. The van der Waals surface area contributed by atoms with Gasteiger partial charge in [0.25, 0.3) is 0 Å². The molecule has 0 aromatic carbocycles. The molecule has 0 amide bonds. The minimum absolute atomic E-state index is 0.179. The lowest BCUT2D eigenvalue weighted by molar-refractivity contribution is -0.0298. The molecule has 0 aliphatic carbocycles. The van der Waals surface area contributed by atoms with Crippen LogP contribution in [-0.4, -0.2) is 57.5 Å². The van der Waals surface area contributed by atoms with Gasteiger partial charge in [0.1, 0.15) is 19.3 Å². The molecule has 98 valence electrons. The highest BCUT2D eigenvalue weighted by Gasteiger charge is 2.03. The van der Waals surface area contributed by atoms with Gasteiger partial charge in [-0.15, -0.1) is 6.42 Å². The first kappa shape index (κ1) is 15.9. The molecule has 0 radical (unpaired) electrons. The summed E-state index contributed by atoms with van der Waals surface area (Å²) in [7, 11) is 0. The maximum absolute atomic E-state index is 9.36. The Morgan fingerprint density at radius 3 is 2.47 bits per heavy atom. The molecule has 0 aliphatic heterocycles. The van der Waals surface area contributed by atoms with Gasteiger partial charge in [0.05, 0.1) is 39.3 Å². The topological polar surface area (TPSA) is 57.2 Å². The second kappa shape index (κ2) is 13.0. The zero-order valence-corrected chi connectivity index (χ0v) is 9.97. The van der Waals surface area contributed by atoms with Crippen LogP contribution in [0.1, 0.15) is 0 Å². The Kier molecular flexibility index (Phi) is 12.2. The molecule has 0 spiro atoms. The van der Waals surface area contributed by atoms with Gasteiger partial charge in [0.2, 0.25) is 0 Å². The van der Waals surface area contributed by atoms with E-state index >= 15 is 0 Å². The molecule has 0 aromatic rings. The van der Waals surface area contributed by atoms with Crippen LogP contribution in [0.4, 0.5) is 0 Å². The van der Waals surface area contributed by atoms with Gasteiger partial charge in [-0.05, 0) is 0 Å². The normalized spacial score (nSPS) is 11.8. The summed E-state index contributed by atoms with van der Waals surface area (Å²) in [6, 6.07) is 0. The van der Waals surface area contributed by atoms with Crippen molar-refractivity contribution in [2.75, 3.05) is 46.2 Å². The van der Waals surface area contributed by atoms with Crippen LogP contribution in [0, 0.1) is 12.3 Å². The van der Waals surface area contributed by atoms with Crippen LogP contribution in [0.2, 0.25) is 0 Å². The number of rotatable bonds is 12. The van der Waals surface area contributed by atoms with Crippen LogP contribution >= 0.6 is 0 Å². The van der Waals surface area contributed by atoms with Crippen LogP contribution in [0.25, 0.3) is 0 Å². The van der Waals surface area contributed by atoms with E-state index in [1.165, 1.54) is 6.26 Å². The second-order valence-electron chi connectivity index (χ2n) is 3.10. The molecule has 0 fully saturated rings. The Bertz CT molecular complexity index is 211. The average Bonchev–Trinajstić information content (AvgIpc) is 2.33. The fourth-order valence-electron chi connectivity index (χ4n) is 0.932. The summed E-state index contributed by atoms with van der Waals surface area (Å²) in [5.41, 5.74) is 0. The lowest BCUT2D eigenvalue weighted by atomic mass is 10.4. The molecular weight excluding hydrogens is 224 g/mol. The largest absolute Gasteiger partial charge is 0.499 e. The van der Waals surface area contributed by atoms with Crippen LogP contribution in [0.15, 0.2) is 12.8 Å². The number of hydrogen-bond acceptors (Lipinski definition) is 5. The highest BCUT2D eigenvalue weighted by atomic mass is 16.5. The van der Waals surface area contributed by atoms with Crippen LogP contribution in [-0.2, 0) is 18.9 Å². The summed E-state index contributed by atoms with van der Waals surface area (Å²) in [4.78, 5) is 0. The molecule has 5 nitrogen and oxygen atoms in total. The SMILES string of the molecule is C#CCOCC(O)COCCOCCOC=C. The summed E-state index contributed by atoms with van der Waals surface area (Å²) >= 11 is 0. The van der Waals surface area contributed by atoms with Crippen molar-refractivity contribution >= 4 is 0 Å². The van der Waals surface area contributed by atoms with Gasteiger partial charge < -0.3 is 24.1 Å². The Hall–Kier alpha value is -1.06. The number of hydrogen-bond donors (Lipinski definition) is 1. The number of aliphatic hydroxyl groups is 1. The summed E-state index contributed by atoms with van der Waals surface area (Å²) in [6.07, 6.45) is 5.69. The van der Waals surface area contributed by atoms with Crippen molar-refractivity contribution in [2.24, 2.45) is 0 Å². The molecule has 0 aliphatic rings. The van der Waals surface area contributed by atoms with Gasteiger partial charge in [-0.3, -0.25) is 0 Å². The number of aliphatic hydroxyl groups excluding tert-OH is 1. The molecule has 0 bridgehead atoms. The maximum atomic E-state index is 9.36. The van der Waals surface area contributed by atoms with Crippen LogP contribution < -0.4 is 0 Å². The fourth-order valence-corrected chi connectivity index (χ4v) is 0.932. The van der Waals surface area contributed by atoms with Gasteiger partial charge in [0, 0.05) is 0 Å². The molecule has 17 heavy (non-hydrogen) atoms. The lowest BCUT2D eigenvalue weighted by Gasteiger charge is -2.10. The van der Waals surface area contributed by atoms with E-state index in [4.69, 9.17) is 25.4 Å². The average molecular weight is 244 g/mol. The van der Waals surface area contributed by atoms with Crippen molar-refractivity contribution in [1.82, 2.24) is 0 Å². The summed E-state index contributed by atoms with van der Waals surface area (Å²) < 4.78 is 20.1. The van der Waals surface area contributed by atoms with E-state index in [1.807, 2.05) is 0 Å². The van der Waals surface area contributed by atoms with E-state index in [0.29, 0.717) is 26.4 Å². The summed E-state index contributed by atoms with van der Waals surface area (Å²) in [5.74, 6) is 2.31. The quantitative estimate of drug-likeness (QED) is 0.302. The molecule has 1 atom stereocenters. The molecule has 1 unspecified atom stereocenters. The Morgan fingerprint density at radius 1 is 1.12 bits per heavy atom. The molecule has 0 aromatic heterocycles. The van der Waals surface area contributed by atoms with Gasteiger partial charge in [-0.25, -0.2) is 0 Å². The van der Waals surface area contributed by atoms with Crippen molar-refractivity contribution in [3.63, 3.8) is 0 Å². The third-order valence-electron chi connectivity index (χ3n) is 1.64. The van der Waals surface area contributed by atoms with Crippen molar-refractivity contribution in [1.29, 1.82) is 0 Å². The van der Waals surface area contributed by atoms with Gasteiger partial charge >= 0.3 is 0 Å². The van der Waals surface area contributed by atoms with Crippen LogP contribution in [0.5, 0.6) is 0 Å². The summed E-state index contributed by atoms with van der Waals surface area (Å²) in [6.45, 7) is 5.83. The van der Waals surface area contributed by atoms with E-state index in [9.17, 15) is 5.11 Å². The molecule has 5 heteroatoms. The minimum Gasteiger partial charge on any atom is -0.499 e.